The average Bonchev–Trinajstić information content (AvgIpc) is 2.36. The van der Waals surface area contributed by atoms with Gasteiger partial charge in [0.2, 0.25) is 0 Å². The van der Waals surface area contributed by atoms with Gasteiger partial charge in [-0.25, -0.2) is 0 Å². The lowest BCUT2D eigenvalue weighted by molar-refractivity contribution is -0.124. The van der Waals surface area contributed by atoms with Crippen LogP contribution in [0.3, 0.4) is 0 Å². The van der Waals surface area contributed by atoms with E-state index < -0.39 is 0 Å². The number of carbonyl (C=O) groups is 1. The van der Waals surface area contributed by atoms with Gasteiger partial charge in [0.05, 0.1) is 6.61 Å². The highest BCUT2D eigenvalue weighted by Gasteiger charge is 2.19. The number of amides is 1. The number of hydrogen-bond acceptors (Lipinski definition) is 3. The number of nitrogens with one attached hydrogen (secondary N) is 1. The number of carbonyl (C=O) groups excluding carboxylic acids is 1. The zero-order chi connectivity index (χ0) is 15.2. The Labute approximate surface area is 121 Å². The second-order valence-electron chi connectivity index (χ2n) is 5.96. The van der Waals surface area contributed by atoms with Gasteiger partial charge >= 0.3 is 0 Å². The zero-order valence-corrected chi connectivity index (χ0v) is 13.0. The lowest BCUT2D eigenvalue weighted by Crippen LogP contribution is -2.38. The number of methoxy groups -OCH3 is 1. The van der Waals surface area contributed by atoms with E-state index in [1.165, 1.54) is 0 Å². The quantitative estimate of drug-likeness (QED) is 0.870. The first-order valence-corrected chi connectivity index (χ1v) is 6.85. The minimum Gasteiger partial charge on any atom is -0.483 e. The van der Waals surface area contributed by atoms with Crippen molar-refractivity contribution in [2.24, 2.45) is 0 Å². The summed E-state index contributed by atoms with van der Waals surface area (Å²) < 4.78 is 10.6. The lowest BCUT2D eigenvalue weighted by Gasteiger charge is -2.22. The Hall–Kier alpha value is -1.55. The Morgan fingerprint density at radius 2 is 1.95 bits per heavy atom. The molecule has 20 heavy (non-hydrogen) atoms. The first kappa shape index (κ1) is 16.5. The molecule has 0 aromatic heterocycles. The molecule has 0 heterocycles. The third-order valence-corrected chi connectivity index (χ3v) is 2.88. The summed E-state index contributed by atoms with van der Waals surface area (Å²) in [5, 5.41) is 2.82. The zero-order valence-electron chi connectivity index (χ0n) is 13.0. The maximum atomic E-state index is 11.8. The molecule has 0 radical (unpaired) electrons. The molecule has 1 N–H and O–H groups in total. The number of hydrogen-bond donors (Lipinski definition) is 1. The highest BCUT2D eigenvalue weighted by Crippen LogP contribution is 2.30. The second-order valence-corrected chi connectivity index (χ2v) is 5.96. The summed E-state index contributed by atoms with van der Waals surface area (Å²) in [6.45, 7) is 8.76. The van der Waals surface area contributed by atoms with Crippen molar-refractivity contribution in [2.45, 2.75) is 39.2 Å². The van der Waals surface area contributed by atoms with Gasteiger partial charge in [-0.2, -0.15) is 0 Å². The number of rotatable bonds is 6. The van der Waals surface area contributed by atoms with E-state index >= 15 is 0 Å². The molecule has 0 aliphatic carbocycles. The third-order valence-electron chi connectivity index (χ3n) is 2.88. The van der Waals surface area contributed by atoms with Gasteiger partial charge < -0.3 is 14.8 Å². The van der Waals surface area contributed by atoms with Gasteiger partial charge in [0, 0.05) is 13.2 Å². The van der Waals surface area contributed by atoms with Crippen LogP contribution in [0.4, 0.5) is 0 Å². The molecule has 0 aliphatic rings. The van der Waals surface area contributed by atoms with Crippen LogP contribution in [-0.2, 0) is 14.9 Å². The lowest BCUT2D eigenvalue weighted by atomic mass is 9.86. The summed E-state index contributed by atoms with van der Waals surface area (Å²) in [4.78, 5) is 11.8. The Morgan fingerprint density at radius 1 is 1.30 bits per heavy atom. The Balaban J connectivity index is 2.60. The topological polar surface area (TPSA) is 47.6 Å². The minimum absolute atomic E-state index is 0.0150. The molecule has 1 aromatic rings. The molecule has 0 saturated heterocycles. The van der Waals surface area contributed by atoms with Crippen LogP contribution >= 0.6 is 0 Å². The Bertz CT molecular complexity index is 438. The second kappa shape index (κ2) is 7.29. The van der Waals surface area contributed by atoms with Gasteiger partial charge in [0.1, 0.15) is 5.75 Å². The fourth-order valence-corrected chi connectivity index (χ4v) is 1.96. The molecule has 1 aromatic carbocycles. The van der Waals surface area contributed by atoms with E-state index in [-0.39, 0.29) is 24.0 Å². The van der Waals surface area contributed by atoms with Crippen molar-refractivity contribution in [1.82, 2.24) is 5.32 Å². The molecule has 0 fully saturated rings. The van der Waals surface area contributed by atoms with Gasteiger partial charge in [0.25, 0.3) is 5.91 Å². The molecule has 0 aliphatic heterocycles. The van der Waals surface area contributed by atoms with Gasteiger partial charge in [-0.1, -0.05) is 39.0 Å². The normalized spacial score (nSPS) is 12.8. The molecule has 0 unspecified atom stereocenters. The maximum Gasteiger partial charge on any atom is 0.258 e. The molecule has 1 amide bonds. The molecule has 0 bridgehead atoms. The van der Waals surface area contributed by atoms with Crippen LogP contribution in [0, 0.1) is 0 Å². The molecule has 0 saturated carbocycles. The monoisotopic (exact) mass is 279 g/mol. The van der Waals surface area contributed by atoms with Crippen molar-refractivity contribution in [1.29, 1.82) is 0 Å². The molecule has 1 atom stereocenters. The van der Waals surface area contributed by atoms with Crippen LogP contribution < -0.4 is 10.1 Å². The largest absolute Gasteiger partial charge is 0.483 e. The van der Waals surface area contributed by atoms with Gasteiger partial charge in [-0.3, -0.25) is 4.79 Å². The van der Waals surface area contributed by atoms with E-state index in [0.29, 0.717) is 6.61 Å². The first-order valence-electron chi connectivity index (χ1n) is 6.85. The van der Waals surface area contributed by atoms with E-state index in [1.54, 1.807) is 7.11 Å². The van der Waals surface area contributed by atoms with Crippen LogP contribution in [0.2, 0.25) is 0 Å². The standard InChI is InChI=1S/C16H25NO3/c1-12(10-19-5)17-15(18)11-20-14-9-7-6-8-13(14)16(2,3)4/h6-9,12H,10-11H2,1-5H3,(H,17,18)/t12-/m0/s1. The number of benzene rings is 1. The molecule has 4 heteroatoms. The van der Waals surface area contributed by atoms with E-state index in [0.717, 1.165) is 11.3 Å². The summed E-state index contributed by atoms with van der Waals surface area (Å²) in [6.07, 6.45) is 0. The van der Waals surface area contributed by atoms with Crippen molar-refractivity contribution < 1.29 is 14.3 Å². The molecule has 0 spiro atoms. The highest BCUT2D eigenvalue weighted by atomic mass is 16.5. The van der Waals surface area contributed by atoms with Crippen molar-refractivity contribution >= 4 is 5.91 Å². The Kier molecular flexibility index (Phi) is 6.02. The van der Waals surface area contributed by atoms with Crippen LogP contribution in [0.1, 0.15) is 33.3 Å². The van der Waals surface area contributed by atoms with Crippen molar-refractivity contribution in [3.63, 3.8) is 0 Å². The molecular weight excluding hydrogens is 254 g/mol. The fourth-order valence-electron chi connectivity index (χ4n) is 1.96. The van der Waals surface area contributed by atoms with Crippen molar-refractivity contribution in [3.8, 4) is 5.75 Å². The first-order chi connectivity index (χ1) is 9.34. The number of para-hydroxylation sites is 1. The maximum absolute atomic E-state index is 11.8. The highest BCUT2D eigenvalue weighted by molar-refractivity contribution is 5.77. The molecule has 4 nitrogen and oxygen atoms in total. The van der Waals surface area contributed by atoms with Crippen molar-refractivity contribution in [2.75, 3.05) is 20.3 Å². The third kappa shape index (κ3) is 5.21. The predicted molar refractivity (Wildman–Crippen MR) is 80.1 cm³/mol. The molecule has 112 valence electrons. The smallest absolute Gasteiger partial charge is 0.258 e. The summed E-state index contributed by atoms with van der Waals surface area (Å²) in [5.41, 5.74) is 1.08. The van der Waals surface area contributed by atoms with Crippen LogP contribution in [-0.4, -0.2) is 32.3 Å². The van der Waals surface area contributed by atoms with Crippen LogP contribution in [0.5, 0.6) is 5.75 Å². The van der Waals surface area contributed by atoms with Gasteiger partial charge in [-0.05, 0) is 24.0 Å². The van der Waals surface area contributed by atoms with E-state index in [9.17, 15) is 4.79 Å². The average molecular weight is 279 g/mol. The van der Waals surface area contributed by atoms with Gasteiger partial charge in [-0.15, -0.1) is 0 Å². The SMILES string of the molecule is COC[C@H](C)NC(=O)COc1ccccc1C(C)(C)C. The summed E-state index contributed by atoms with van der Waals surface area (Å²) in [7, 11) is 1.61. The summed E-state index contributed by atoms with van der Waals surface area (Å²) in [5.74, 6) is 0.618. The summed E-state index contributed by atoms with van der Waals surface area (Å²) in [6, 6.07) is 7.80. The minimum atomic E-state index is -0.140. The number of ether oxygens (including phenoxy) is 2. The van der Waals surface area contributed by atoms with Crippen molar-refractivity contribution in [3.05, 3.63) is 29.8 Å². The Morgan fingerprint density at radius 3 is 2.55 bits per heavy atom. The predicted octanol–water partition coefficient (Wildman–Crippen LogP) is 2.51. The van der Waals surface area contributed by atoms with E-state index in [4.69, 9.17) is 9.47 Å². The van der Waals surface area contributed by atoms with E-state index in [1.807, 2.05) is 31.2 Å². The van der Waals surface area contributed by atoms with Crippen LogP contribution in [0.25, 0.3) is 0 Å². The molecular formula is C16H25NO3. The molecule has 1 rings (SSSR count). The van der Waals surface area contributed by atoms with Gasteiger partial charge in [0.15, 0.2) is 6.61 Å². The van der Waals surface area contributed by atoms with Crippen LogP contribution in [0.15, 0.2) is 24.3 Å². The van der Waals surface area contributed by atoms with E-state index in [2.05, 4.69) is 26.1 Å². The fraction of sp³-hybridized carbons (Fsp3) is 0.562. The summed E-state index contributed by atoms with van der Waals surface area (Å²) >= 11 is 0.